The molecule has 0 spiro atoms. The smallest absolute Gasteiger partial charge is 0.306 e. The number of ether oxygens (including phenoxy) is 3. The summed E-state index contributed by atoms with van der Waals surface area (Å²) in [6.07, 6.45) is 64.8. The minimum absolute atomic E-state index is 0.0687. The molecule has 1 atom stereocenters. The fourth-order valence-electron chi connectivity index (χ4n) is 6.94. The number of allylic oxidation sites excluding steroid dienone is 12. The van der Waals surface area contributed by atoms with Gasteiger partial charge in [-0.3, -0.25) is 9.59 Å². The van der Waals surface area contributed by atoms with Gasteiger partial charge in [0.1, 0.15) is 6.61 Å². The first kappa shape index (κ1) is 57.3. The van der Waals surface area contributed by atoms with Gasteiger partial charge in [0.05, 0.1) is 6.61 Å². The predicted octanol–water partition coefficient (Wildman–Crippen LogP) is 17.1. The summed E-state index contributed by atoms with van der Waals surface area (Å²) in [4.78, 5) is 25.3. The molecule has 0 saturated heterocycles. The fraction of sp³-hybridized carbons (Fsp3) is 0.745. The molecule has 0 aliphatic heterocycles. The van der Waals surface area contributed by atoms with Crippen LogP contribution < -0.4 is 0 Å². The molecule has 5 nitrogen and oxygen atoms in total. The van der Waals surface area contributed by atoms with Crippen LogP contribution in [0.3, 0.4) is 0 Å². The lowest BCUT2D eigenvalue weighted by Crippen LogP contribution is -2.30. The Morgan fingerprint density at radius 2 is 0.750 bits per heavy atom. The molecule has 5 heteroatoms. The summed E-state index contributed by atoms with van der Waals surface area (Å²) in [5, 5.41) is 0. The Morgan fingerprint density at radius 3 is 1.23 bits per heavy atom. The molecule has 0 aromatic heterocycles. The number of carbonyl (C=O) groups excluding carboxylic acids is 2. The highest BCUT2D eigenvalue weighted by Crippen LogP contribution is 2.14. The minimum atomic E-state index is -0.552. The Balaban J connectivity index is 4.28. The van der Waals surface area contributed by atoms with E-state index < -0.39 is 6.10 Å². The Hall–Kier alpha value is -2.66. The summed E-state index contributed by atoms with van der Waals surface area (Å²) in [5.74, 6) is -0.422. The molecule has 0 saturated carbocycles. The van der Waals surface area contributed by atoms with Gasteiger partial charge in [-0.1, -0.05) is 209 Å². The van der Waals surface area contributed by atoms with Crippen molar-refractivity contribution in [2.24, 2.45) is 0 Å². The highest BCUT2D eigenvalue weighted by atomic mass is 16.6. The van der Waals surface area contributed by atoms with Gasteiger partial charge in [-0.05, 0) is 89.9 Å². The Morgan fingerprint density at radius 1 is 0.383 bits per heavy atom. The highest BCUT2D eigenvalue weighted by molar-refractivity contribution is 5.70. The van der Waals surface area contributed by atoms with Gasteiger partial charge in [-0.25, -0.2) is 0 Å². The molecule has 0 aliphatic carbocycles. The Kier molecular flexibility index (Phi) is 48.4. The minimum Gasteiger partial charge on any atom is -0.462 e. The average molecular weight is 837 g/mol. The van der Waals surface area contributed by atoms with E-state index >= 15 is 0 Å². The van der Waals surface area contributed by atoms with Gasteiger partial charge < -0.3 is 14.2 Å². The number of hydrogen-bond acceptors (Lipinski definition) is 5. The molecule has 346 valence electrons. The maximum Gasteiger partial charge on any atom is 0.306 e. The second-order valence-electron chi connectivity index (χ2n) is 16.7. The third-order valence-electron chi connectivity index (χ3n) is 10.7. The van der Waals surface area contributed by atoms with Gasteiger partial charge >= 0.3 is 11.9 Å². The molecule has 0 rings (SSSR count). The third kappa shape index (κ3) is 48.0. The number of esters is 2. The van der Waals surface area contributed by atoms with Crippen molar-refractivity contribution in [2.75, 3.05) is 19.8 Å². The molecule has 0 fully saturated rings. The van der Waals surface area contributed by atoms with Crippen LogP contribution in [-0.4, -0.2) is 37.9 Å². The zero-order valence-corrected chi connectivity index (χ0v) is 39.7. The molecule has 60 heavy (non-hydrogen) atoms. The van der Waals surface area contributed by atoms with Crippen LogP contribution in [-0.2, 0) is 23.8 Å². The highest BCUT2D eigenvalue weighted by Gasteiger charge is 2.17. The van der Waals surface area contributed by atoms with Crippen molar-refractivity contribution >= 4 is 11.9 Å². The lowest BCUT2D eigenvalue weighted by molar-refractivity contribution is -0.163. The van der Waals surface area contributed by atoms with Crippen molar-refractivity contribution in [2.45, 2.75) is 245 Å². The van der Waals surface area contributed by atoms with Gasteiger partial charge in [0.25, 0.3) is 0 Å². The monoisotopic (exact) mass is 837 g/mol. The zero-order valence-electron chi connectivity index (χ0n) is 39.7. The zero-order chi connectivity index (χ0) is 43.5. The van der Waals surface area contributed by atoms with Crippen LogP contribution >= 0.6 is 0 Å². The summed E-state index contributed by atoms with van der Waals surface area (Å²) in [6.45, 7) is 7.63. The number of carbonyl (C=O) groups is 2. The van der Waals surface area contributed by atoms with E-state index in [2.05, 4.69) is 93.7 Å². The summed E-state index contributed by atoms with van der Waals surface area (Å²) in [5.41, 5.74) is 0. The van der Waals surface area contributed by atoms with Crippen molar-refractivity contribution < 1.29 is 23.8 Å². The molecular formula is C55H96O5. The van der Waals surface area contributed by atoms with Crippen LogP contribution in [0.2, 0.25) is 0 Å². The van der Waals surface area contributed by atoms with E-state index in [-0.39, 0.29) is 25.2 Å². The first-order chi connectivity index (χ1) is 29.6. The molecule has 1 unspecified atom stereocenters. The maximum absolute atomic E-state index is 12.8. The van der Waals surface area contributed by atoms with Gasteiger partial charge in [-0.15, -0.1) is 0 Å². The largest absolute Gasteiger partial charge is 0.462 e. The first-order valence-electron chi connectivity index (χ1n) is 25.5. The number of rotatable bonds is 46. The molecule has 0 amide bonds. The molecule has 0 heterocycles. The Bertz CT molecular complexity index is 1080. The van der Waals surface area contributed by atoms with E-state index in [9.17, 15) is 9.59 Å². The summed E-state index contributed by atoms with van der Waals surface area (Å²) >= 11 is 0. The summed E-state index contributed by atoms with van der Waals surface area (Å²) in [7, 11) is 0. The molecule has 0 radical (unpaired) electrons. The normalized spacial score (nSPS) is 12.8. The van der Waals surface area contributed by atoms with Crippen LogP contribution in [0.15, 0.2) is 72.9 Å². The van der Waals surface area contributed by atoms with E-state index in [1.165, 1.54) is 116 Å². The third-order valence-corrected chi connectivity index (χ3v) is 10.7. The van der Waals surface area contributed by atoms with Crippen LogP contribution in [0.25, 0.3) is 0 Å². The fourth-order valence-corrected chi connectivity index (χ4v) is 6.94. The van der Waals surface area contributed by atoms with Gasteiger partial charge in [0.15, 0.2) is 6.10 Å². The maximum atomic E-state index is 12.8. The molecule has 0 N–H and O–H groups in total. The molecule has 0 aliphatic rings. The van der Waals surface area contributed by atoms with Crippen LogP contribution in [0, 0.1) is 0 Å². The molecule has 0 bridgehead atoms. The second kappa shape index (κ2) is 50.7. The summed E-state index contributed by atoms with van der Waals surface area (Å²) in [6, 6.07) is 0. The second-order valence-corrected chi connectivity index (χ2v) is 16.7. The van der Waals surface area contributed by atoms with Crippen molar-refractivity contribution in [1.82, 2.24) is 0 Å². The van der Waals surface area contributed by atoms with E-state index in [1.807, 2.05) is 0 Å². The standard InChI is InChI=1S/C55H96O5/c1-4-7-10-13-16-19-22-24-26-27-28-29-30-31-34-36-39-42-45-48-54(56)59-52-53(60-55(57)49-46-43-40-37-33-21-18-15-12-9-6-3)51-58-50-47-44-41-38-35-32-25-23-20-17-14-11-8-5-2/h8,11,16-17,19-20,24-26,28-29,32,53H,4-7,9-10,12-15,18,21-23,27,30-31,33-52H2,1-3H3/b11-8-,19-16-,20-17-,26-24-,29-28-,32-25-. The summed E-state index contributed by atoms with van der Waals surface area (Å²) < 4.78 is 17.3. The van der Waals surface area contributed by atoms with Crippen LogP contribution in [0.1, 0.15) is 239 Å². The Labute approximate surface area is 372 Å². The number of unbranched alkanes of at least 4 members (excludes halogenated alkanes) is 23. The molecule has 0 aromatic carbocycles. The lowest BCUT2D eigenvalue weighted by Gasteiger charge is -2.18. The van der Waals surface area contributed by atoms with E-state index in [0.29, 0.717) is 19.4 Å². The lowest BCUT2D eigenvalue weighted by atomic mass is 10.1. The van der Waals surface area contributed by atoms with Gasteiger partial charge in [0, 0.05) is 19.4 Å². The van der Waals surface area contributed by atoms with Crippen LogP contribution in [0.5, 0.6) is 0 Å². The predicted molar refractivity (Wildman–Crippen MR) is 260 cm³/mol. The van der Waals surface area contributed by atoms with Crippen molar-refractivity contribution in [3.8, 4) is 0 Å². The van der Waals surface area contributed by atoms with E-state index in [4.69, 9.17) is 14.2 Å². The molecule has 0 aromatic rings. The van der Waals surface area contributed by atoms with E-state index in [1.54, 1.807) is 0 Å². The van der Waals surface area contributed by atoms with Crippen molar-refractivity contribution in [1.29, 1.82) is 0 Å². The quantitative estimate of drug-likeness (QED) is 0.0347. The van der Waals surface area contributed by atoms with E-state index in [0.717, 1.165) is 89.9 Å². The SMILES string of the molecule is CC/C=C\C/C=C\C/C=C\CCCCCCOCC(COC(=O)CCCCCCCC/C=C\C/C=C\C/C=C\CCCCC)OC(=O)CCCCCCCCCCCCC. The average Bonchev–Trinajstić information content (AvgIpc) is 3.25. The van der Waals surface area contributed by atoms with Crippen LogP contribution in [0.4, 0.5) is 0 Å². The number of hydrogen-bond donors (Lipinski definition) is 0. The van der Waals surface area contributed by atoms with Crippen molar-refractivity contribution in [3.05, 3.63) is 72.9 Å². The topological polar surface area (TPSA) is 61.8 Å². The van der Waals surface area contributed by atoms with Gasteiger partial charge in [0.2, 0.25) is 0 Å². The van der Waals surface area contributed by atoms with Gasteiger partial charge in [-0.2, -0.15) is 0 Å². The molecular weight excluding hydrogens is 741 g/mol. The van der Waals surface area contributed by atoms with Crippen molar-refractivity contribution in [3.63, 3.8) is 0 Å². The first-order valence-corrected chi connectivity index (χ1v) is 25.5.